The first kappa shape index (κ1) is 23.7. The molecule has 3 radical (unpaired) electrons. The number of amides is 1. The molecule has 0 aliphatic carbocycles. The summed E-state index contributed by atoms with van der Waals surface area (Å²) in [5, 5.41) is 12.0. The average Bonchev–Trinajstić information content (AvgIpc) is 2.84. The highest BCUT2D eigenvalue weighted by Crippen LogP contribution is 2.30. The minimum absolute atomic E-state index is 0. The molecule has 0 aromatic carbocycles. The summed E-state index contributed by atoms with van der Waals surface area (Å²) >= 11 is 0. The molecule has 2 heterocycles. The topological polar surface area (TPSA) is 123 Å². The lowest BCUT2D eigenvalue weighted by molar-refractivity contribution is -0.139. The number of carbonyl (C=O) groups is 1. The van der Waals surface area contributed by atoms with E-state index < -0.39 is 47.5 Å². The van der Waals surface area contributed by atoms with E-state index in [0.717, 1.165) is 0 Å². The van der Waals surface area contributed by atoms with Crippen molar-refractivity contribution < 1.29 is 32.5 Å². The second-order valence-corrected chi connectivity index (χ2v) is 4.99. The normalized spacial score (nSPS) is 22.1. The van der Waals surface area contributed by atoms with Gasteiger partial charge in [-0.3, -0.25) is 14.3 Å². The molecule has 1 aromatic heterocycles. The average molecular weight is 380 g/mol. The van der Waals surface area contributed by atoms with Crippen LogP contribution in [-0.2, 0) is 15.7 Å². The molecule has 1 aromatic rings. The van der Waals surface area contributed by atoms with Crippen molar-refractivity contribution in [3.63, 3.8) is 0 Å². The smallest absolute Gasteiger partial charge is 0.423 e. The van der Waals surface area contributed by atoms with Crippen molar-refractivity contribution in [3.05, 3.63) is 32.6 Å². The van der Waals surface area contributed by atoms with Crippen LogP contribution in [0, 0.1) is 0 Å². The maximum absolute atomic E-state index is 12.8. The summed E-state index contributed by atoms with van der Waals surface area (Å²) in [7, 11) is 1.32. The Labute approximate surface area is 147 Å². The maximum atomic E-state index is 12.8. The van der Waals surface area contributed by atoms with Crippen LogP contribution in [0.4, 0.5) is 18.0 Å². The van der Waals surface area contributed by atoms with E-state index in [4.69, 9.17) is 9.47 Å². The van der Waals surface area contributed by atoms with Crippen molar-refractivity contribution in [1.29, 1.82) is 0 Å². The van der Waals surface area contributed by atoms with Crippen molar-refractivity contribution in [2.24, 2.45) is 0 Å². The number of hydrogen-bond donors (Lipinski definition) is 3. The number of aromatic nitrogens is 2. The predicted molar refractivity (Wildman–Crippen MR) is 83.8 cm³/mol. The van der Waals surface area contributed by atoms with E-state index in [1.807, 2.05) is 0 Å². The molecule has 13 heteroatoms. The van der Waals surface area contributed by atoms with E-state index in [-0.39, 0.29) is 28.9 Å². The molecular weight excluding hydrogens is 362 g/mol. The number of halogens is 3. The van der Waals surface area contributed by atoms with Gasteiger partial charge in [0.05, 0.1) is 6.10 Å². The molecule has 26 heavy (non-hydrogen) atoms. The number of aromatic amines is 1. The summed E-state index contributed by atoms with van der Waals surface area (Å²) in [6.45, 7) is -0.360. The fourth-order valence-electron chi connectivity index (χ4n) is 2.17. The quantitative estimate of drug-likeness (QED) is 0.625. The number of rotatable bonds is 3. The Bertz CT molecular complexity index is 735. The van der Waals surface area contributed by atoms with Crippen LogP contribution in [-0.4, -0.2) is 55.0 Å². The number of nitrogens with one attached hydrogen (secondary N) is 2. The molecular formula is C13H18BF3N3O6. The van der Waals surface area contributed by atoms with Crippen molar-refractivity contribution >= 4 is 14.5 Å². The second kappa shape index (κ2) is 8.89. The first-order chi connectivity index (χ1) is 11.1. The third-order valence-electron chi connectivity index (χ3n) is 3.37. The predicted octanol–water partition coefficient (Wildman–Crippen LogP) is -0.185. The third kappa shape index (κ3) is 5.11. The van der Waals surface area contributed by atoms with E-state index >= 15 is 0 Å². The minimum Gasteiger partial charge on any atom is -0.447 e. The van der Waals surface area contributed by atoms with Crippen molar-refractivity contribution in [2.45, 2.75) is 38.5 Å². The maximum Gasteiger partial charge on any atom is 0.423 e. The van der Waals surface area contributed by atoms with Gasteiger partial charge in [-0.05, 0) is 0 Å². The number of H-pyrrole nitrogens is 1. The van der Waals surface area contributed by atoms with Gasteiger partial charge < -0.3 is 19.9 Å². The first-order valence-electron chi connectivity index (χ1n) is 6.74. The van der Waals surface area contributed by atoms with E-state index in [0.29, 0.717) is 10.8 Å². The van der Waals surface area contributed by atoms with E-state index in [1.165, 1.54) is 7.05 Å². The molecule has 1 aliphatic rings. The molecule has 0 saturated carbocycles. The number of carbonyl (C=O) groups excluding carboxylic acids is 1. The fourth-order valence-corrected chi connectivity index (χ4v) is 2.17. The SMILES string of the molecule is C.CNC(=O)OC[C@@H]1O[C@H](n2cc(C(F)(F)F)c(=O)[nH]c2=O)C[C@@H]1O.[B]. The molecule has 2 rings (SSSR count). The van der Waals surface area contributed by atoms with Gasteiger partial charge in [-0.2, -0.15) is 13.2 Å². The highest BCUT2D eigenvalue weighted by Gasteiger charge is 2.39. The Hall–Kier alpha value is -2.28. The summed E-state index contributed by atoms with van der Waals surface area (Å²) < 4.78 is 48.8. The zero-order chi connectivity index (χ0) is 18.1. The zero-order valence-electron chi connectivity index (χ0n) is 12.9. The summed E-state index contributed by atoms with van der Waals surface area (Å²) in [5.41, 5.74) is -4.25. The van der Waals surface area contributed by atoms with Crippen molar-refractivity contribution in [1.82, 2.24) is 14.9 Å². The van der Waals surface area contributed by atoms with Gasteiger partial charge in [-0.1, -0.05) is 7.43 Å². The standard InChI is InChI=1S/C12H14F3N3O6.CH4.B/c1-16-11(22)23-4-7-6(19)2-8(24-7)18-3-5(12(13,14)15)9(20)17-10(18)21;;/h3,6-8,19H,2,4H2,1H3,(H,16,22)(H,17,20,21);1H4;/t6-,7-,8-;;/m0../s1. The van der Waals surface area contributed by atoms with Gasteiger partial charge in [0.15, 0.2) is 0 Å². The number of aliphatic hydroxyl groups excluding tert-OH is 1. The summed E-state index contributed by atoms with van der Waals surface area (Å²) in [6.07, 6.45) is -9.07. The largest absolute Gasteiger partial charge is 0.447 e. The lowest BCUT2D eigenvalue weighted by Crippen LogP contribution is -2.36. The molecule has 0 unspecified atom stereocenters. The fraction of sp³-hybridized carbons (Fsp3) is 0.615. The third-order valence-corrected chi connectivity index (χ3v) is 3.37. The minimum atomic E-state index is -4.96. The molecule has 1 aliphatic heterocycles. The van der Waals surface area contributed by atoms with Crippen LogP contribution >= 0.6 is 0 Å². The van der Waals surface area contributed by atoms with Crippen LogP contribution in [0.15, 0.2) is 15.8 Å². The van der Waals surface area contributed by atoms with Gasteiger partial charge in [-0.25, -0.2) is 9.59 Å². The van der Waals surface area contributed by atoms with Crippen molar-refractivity contribution in [2.75, 3.05) is 13.7 Å². The summed E-state index contributed by atoms with van der Waals surface area (Å²) in [4.78, 5) is 35.5. The molecule has 0 spiro atoms. The van der Waals surface area contributed by atoms with Gasteiger partial charge >= 0.3 is 18.0 Å². The van der Waals surface area contributed by atoms with E-state index in [2.05, 4.69) is 5.32 Å². The zero-order valence-corrected chi connectivity index (χ0v) is 12.9. The van der Waals surface area contributed by atoms with Crippen LogP contribution < -0.4 is 16.6 Å². The van der Waals surface area contributed by atoms with Crippen LogP contribution in [0.2, 0.25) is 0 Å². The highest BCUT2D eigenvalue weighted by atomic mass is 19.4. The Morgan fingerprint density at radius 1 is 1.50 bits per heavy atom. The van der Waals surface area contributed by atoms with Gasteiger partial charge in [-0.15, -0.1) is 0 Å². The van der Waals surface area contributed by atoms with Gasteiger partial charge in [0.1, 0.15) is 24.5 Å². The van der Waals surface area contributed by atoms with Crippen LogP contribution in [0.1, 0.15) is 25.6 Å². The lowest BCUT2D eigenvalue weighted by Gasteiger charge is -2.17. The lowest BCUT2D eigenvalue weighted by atomic mass is 10.2. The first-order valence-corrected chi connectivity index (χ1v) is 6.74. The van der Waals surface area contributed by atoms with E-state index in [1.54, 1.807) is 4.98 Å². The molecule has 145 valence electrons. The molecule has 0 bridgehead atoms. The number of nitrogens with zero attached hydrogens (tertiary/aromatic N) is 1. The number of ether oxygens (including phenoxy) is 2. The van der Waals surface area contributed by atoms with Crippen LogP contribution in [0.25, 0.3) is 0 Å². The van der Waals surface area contributed by atoms with E-state index in [9.17, 15) is 32.7 Å². The van der Waals surface area contributed by atoms with Gasteiger partial charge in [0, 0.05) is 28.1 Å². The van der Waals surface area contributed by atoms with Crippen LogP contribution in [0.5, 0.6) is 0 Å². The highest BCUT2D eigenvalue weighted by molar-refractivity contribution is 5.75. The number of alkyl carbamates (subject to hydrolysis) is 1. The Kier molecular flexibility index (Phi) is 8.12. The molecule has 1 amide bonds. The number of hydrogen-bond acceptors (Lipinski definition) is 6. The number of aliphatic hydroxyl groups is 1. The van der Waals surface area contributed by atoms with Crippen LogP contribution in [0.3, 0.4) is 0 Å². The molecule has 9 nitrogen and oxygen atoms in total. The summed E-state index contributed by atoms with van der Waals surface area (Å²) in [6, 6.07) is 0. The van der Waals surface area contributed by atoms with Crippen molar-refractivity contribution in [3.8, 4) is 0 Å². The summed E-state index contributed by atoms with van der Waals surface area (Å²) in [5.74, 6) is 0. The number of alkyl halides is 3. The monoisotopic (exact) mass is 380 g/mol. The van der Waals surface area contributed by atoms with Gasteiger partial charge in [0.25, 0.3) is 5.56 Å². The Morgan fingerprint density at radius 3 is 2.65 bits per heavy atom. The molecule has 1 fully saturated rings. The second-order valence-electron chi connectivity index (χ2n) is 4.99. The Balaban J connectivity index is 0.00000312. The Morgan fingerprint density at radius 2 is 2.12 bits per heavy atom. The molecule has 1 saturated heterocycles. The molecule has 3 N–H and O–H groups in total. The molecule has 3 atom stereocenters. The van der Waals surface area contributed by atoms with Gasteiger partial charge in [0.2, 0.25) is 0 Å².